The van der Waals surface area contributed by atoms with Gasteiger partial charge < -0.3 is 10.6 Å². The van der Waals surface area contributed by atoms with Gasteiger partial charge in [-0.25, -0.2) is 4.79 Å². The molecule has 1 aromatic carbocycles. The van der Waals surface area contributed by atoms with Crippen molar-refractivity contribution in [1.29, 1.82) is 0 Å². The van der Waals surface area contributed by atoms with Gasteiger partial charge in [0.25, 0.3) is 5.91 Å². The molecule has 0 aliphatic carbocycles. The first-order chi connectivity index (χ1) is 12.3. The van der Waals surface area contributed by atoms with Gasteiger partial charge in [-0.3, -0.25) is 14.5 Å². The van der Waals surface area contributed by atoms with Crippen LogP contribution in [0.5, 0.6) is 0 Å². The minimum absolute atomic E-state index is 0.174. The molecule has 136 valence electrons. The van der Waals surface area contributed by atoms with Crippen LogP contribution in [0.25, 0.3) is 0 Å². The number of thiophene rings is 1. The van der Waals surface area contributed by atoms with Crippen LogP contribution < -0.4 is 10.6 Å². The van der Waals surface area contributed by atoms with E-state index in [9.17, 15) is 14.4 Å². The molecule has 0 spiro atoms. The van der Waals surface area contributed by atoms with E-state index in [1.54, 1.807) is 18.3 Å². The maximum atomic E-state index is 12.8. The van der Waals surface area contributed by atoms with Gasteiger partial charge in [0.05, 0.1) is 6.04 Å². The summed E-state index contributed by atoms with van der Waals surface area (Å²) in [6, 6.07) is 10.5. The Hall–Kier alpha value is -2.67. The van der Waals surface area contributed by atoms with E-state index in [4.69, 9.17) is 0 Å². The molecule has 2 N–H and O–H groups in total. The molecule has 2 aromatic rings. The van der Waals surface area contributed by atoms with Crippen molar-refractivity contribution in [2.24, 2.45) is 0 Å². The maximum Gasteiger partial charge on any atom is 0.325 e. The van der Waals surface area contributed by atoms with Crippen molar-refractivity contribution < 1.29 is 14.4 Å². The molecule has 0 radical (unpaired) electrons. The first kappa shape index (κ1) is 18.1. The first-order valence-corrected chi connectivity index (χ1v) is 9.23. The summed E-state index contributed by atoms with van der Waals surface area (Å²) in [6.45, 7) is 5.17. The van der Waals surface area contributed by atoms with Gasteiger partial charge >= 0.3 is 6.03 Å². The molecule has 1 aliphatic rings. The molecule has 0 bridgehead atoms. The molecule has 1 fully saturated rings. The zero-order valence-electron chi connectivity index (χ0n) is 14.9. The van der Waals surface area contributed by atoms with Crippen LogP contribution in [0.4, 0.5) is 4.79 Å². The lowest BCUT2D eigenvalue weighted by atomic mass is 9.91. The Bertz CT molecular complexity index is 832. The lowest BCUT2D eigenvalue weighted by molar-refractivity contribution is -0.135. The van der Waals surface area contributed by atoms with Crippen LogP contribution in [0.2, 0.25) is 0 Å². The van der Waals surface area contributed by atoms with E-state index in [2.05, 4.69) is 10.6 Å². The lowest BCUT2D eigenvalue weighted by Gasteiger charge is -2.22. The first-order valence-electron chi connectivity index (χ1n) is 8.35. The minimum Gasteiger partial charge on any atom is -0.347 e. The Morgan fingerprint density at radius 1 is 1.27 bits per heavy atom. The van der Waals surface area contributed by atoms with E-state index in [-0.39, 0.29) is 18.5 Å². The number of nitrogens with zero attached hydrogens (tertiary/aromatic N) is 1. The summed E-state index contributed by atoms with van der Waals surface area (Å²) >= 11 is 1.54. The van der Waals surface area contributed by atoms with Gasteiger partial charge in [0, 0.05) is 4.88 Å². The van der Waals surface area contributed by atoms with Crippen molar-refractivity contribution >= 4 is 29.2 Å². The summed E-state index contributed by atoms with van der Waals surface area (Å²) in [5.41, 5.74) is 0.592. The third kappa shape index (κ3) is 3.35. The van der Waals surface area contributed by atoms with Crippen molar-refractivity contribution in [1.82, 2.24) is 15.5 Å². The predicted molar refractivity (Wildman–Crippen MR) is 99.7 cm³/mol. The highest BCUT2D eigenvalue weighted by molar-refractivity contribution is 7.10. The summed E-state index contributed by atoms with van der Waals surface area (Å²) in [5.74, 6) is -0.798. The third-order valence-electron chi connectivity index (χ3n) is 4.55. The van der Waals surface area contributed by atoms with Gasteiger partial charge in [-0.2, -0.15) is 0 Å². The number of imide groups is 1. The number of hydrogen-bond acceptors (Lipinski definition) is 4. The number of carbonyl (C=O) groups is 3. The molecule has 1 aliphatic heterocycles. The van der Waals surface area contributed by atoms with Crippen LogP contribution in [-0.4, -0.2) is 29.3 Å². The average Bonchev–Trinajstić information content (AvgIpc) is 3.20. The molecular weight excluding hydrogens is 350 g/mol. The van der Waals surface area contributed by atoms with Gasteiger partial charge in [-0.15, -0.1) is 11.3 Å². The third-order valence-corrected chi connectivity index (χ3v) is 5.61. The largest absolute Gasteiger partial charge is 0.347 e. The van der Waals surface area contributed by atoms with Gasteiger partial charge in [0.1, 0.15) is 12.1 Å². The van der Waals surface area contributed by atoms with Crippen molar-refractivity contribution in [2.45, 2.75) is 32.4 Å². The van der Waals surface area contributed by atoms with Crippen molar-refractivity contribution in [2.75, 3.05) is 6.54 Å². The van der Waals surface area contributed by atoms with Crippen LogP contribution in [0, 0.1) is 6.92 Å². The molecule has 6 nitrogen and oxygen atoms in total. The Morgan fingerprint density at radius 3 is 2.58 bits per heavy atom. The van der Waals surface area contributed by atoms with E-state index in [0.29, 0.717) is 5.56 Å². The molecular formula is C19H21N3O3S. The number of nitrogens with one attached hydrogen (secondary N) is 2. The standard InChI is InChI=1S/C19H21N3O3S/c1-12-6-8-14(9-7-12)19(3)17(24)22(18(25)21-19)11-16(23)20-13(2)15-5-4-10-26-15/h4-10,13H,11H2,1-3H3,(H,20,23)(H,21,25)/t13-,19-/m1/s1. The minimum atomic E-state index is -1.16. The second-order valence-electron chi connectivity index (χ2n) is 6.62. The fourth-order valence-electron chi connectivity index (χ4n) is 2.96. The monoisotopic (exact) mass is 371 g/mol. The van der Waals surface area contributed by atoms with Gasteiger partial charge in [0.2, 0.25) is 5.91 Å². The molecule has 0 saturated carbocycles. The number of hydrogen-bond donors (Lipinski definition) is 2. The summed E-state index contributed by atoms with van der Waals surface area (Å²) < 4.78 is 0. The summed E-state index contributed by atoms with van der Waals surface area (Å²) in [7, 11) is 0. The van der Waals surface area contributed by atoms with Crippen molar-refractivity contribution in [3.05, 3.63) is 57.8 Å². The number of aryl methyl sites for hydroxylation is 1. The summed E-state index contributed by atoms with van der Waals surface area (Å²) in [6.07, 6.45) is 0. The van der Waals surface area contributed by atoms with Crippen LogP contribution in [0.15, 0.2) is 41.8 Å². The topological polar surface area (TPSA) is 78.5 Å². The fourth-order valence-corrected chi connectivity index (χ4v) is 3.70. The quantitative estimate of drug-likeness (QED) is 0.793. The SMILES string of the molecule is Cc1ccc([C@@]2(C)NC(=O)N(CC(=O)N[C@H](C)c3cccs3)C2=O)cc1. The van der Waals surface area contributed by atoms with Crippen LogP contribution in [0.1, 0.15) is 35.9 Å². The highest BCUT2D eigenvalue weighted by Gasteiger charge is 2.49. The highest BCUT2D eigenvalue weighted by atomic mass is 32.1. The molecule has 1 saturated heterocycles. The zero-order chi connectivity index (χ0) is 18.9. The molecule has 26 heavy (non-hydrogen) atoms. The van der Waals surface area contributed by atoms with Gasteiger partial charge in [-0.05, 0) is 37.8 Å². The molecule has 2 atom stereocenters. The second kappa shape index (κ2) is 6.92. The molecule has 3 rings (SSSR count). The fraction of sp³-hybridized carbons (Fsp3) is 0.316. The highest BCUT2D eigenvalue weighted by Crippen LogP contribution is 2.29. The zero-order valence-corrected chi connectivity index (χ0v) is 15.7. The normalized spacial score (nSPS) is 20.8. The van der Waals surface area contributed by atoms with Crippen LogP contribution in [-0.2, 0) is 15.1 Å². The second-order valence-corrected chi connectivity index (χ2v) is 7.60. The Labute approximate surface area is 156 Å². The average molecular weight is 371 g/mol. The van der Waals surface area contributed by atoms with Crippen LogP contribution in [0.3, 0.4) is 0 Å². The summed E-state index contributed by atoms with van der Waals surface area (Å²) in [4.78, 5) is 39.4. The van der Waals surface area contributed by atoms with Crippen LogP contribution >= 0.6 is 11.3 Å². The molecule has 1 aromatic heterocycles. The Kier molecular flexibility index (Phi) is 4.82. The van der Waals surface area contributed by atoms with E-state index < -0.39 is 17.5 Å². The van der Waals surface area contributed by atoms with E-state index >= 15 is 0 Å². The Morgan fingerprint density at radius 2 is 1.96 bits per heavy atom. The summed E-state index contributed by atoms with van der Waals surface area (Å²) in [5, 5.41) is 7.47. The maximum absolute atomic E-state index is 12.8. The molecule has 0 unspecified atom stereocenters. The van der Waals surface area contributed by atoms with E-state index in [1.807, 2.05) is 55.6 Å². The lowest BCUT2D eigenvalue weighted by Crippen LogP contribution is -2.43. The van der Waals surface area contributed by atoms with Gasteiger partial charge in [0.15, 0.2) is 0 Å². The number of urea groups is 1. The van der Waals surface area contributed by atoms with Gasteiger partial charge in [-0.1, -0.05) is 35.9 Å². The molecule has 4 amide bonds. The molecule has 7 heteroatoms. The number of amides is 4. The van der Waals surface area contributed by atoms with Crippen molar-refractivity contribution in [3.8, 4) is 0 Å². The molecule has 2 heterocycles. The van der Waals surface area contributed by atoms with E-state index in [1.165, 1.54) is 0 Å². The van der Waals surface area contributed by atoms with Crippen molar-refractivity contribution in [3.63, 3.8) is 0 Å². The predicted octanol–water partition coefficient (Wildman–Crippen LogP) is 2.70. The number of benzene rings is 1. The number of carbonyl (C=O) groups excluding carboxylic acids is 3. The number of rotatable bonds is 5. The van der Waals surface area contributed by atoms with E-state index in [0.717, 1.165) is 15.3 Å². The Balaban J connectivity index is 1.71. The smallest absolute Gasteiger partial charge is 0.325 e.